The van der Waals surface area contributed by atoms with E-state index in [1.807, 2.05) is 0 Å². The summed E-state index contributed by atoms with van der Waals surface area (Å²) in [6, 6.07) is 6.03. The van der Waals surface area contributed by atoms with E-state index in [4.69, 9.17) is 9.66 Å². The Kier molecular flexibility index (Phi) is 1.84. The standard InChI is InChI=1S/C6H5O4S/c7-5-3-1-2-4-6(5)11(8,9)10/h1-3,7H,(H,8,9,10). The molecule has 1 rings (SSSR count). The molecule has 0 aliphatic rings. The zero-order chi connectivity index (χ0) is 8.48. The first kappa shape index (κ1) is 8.03. The molecule has 1 aromatic rings. The van der Waals surface area contributed by atoms with Crippen LogP contribution < -0.4 is 0 Å². The minimum Gasteiger partial charge on any atom is -0.506 e. The van der Waals surface area contributed by atoms with Gasteiger partial charge in [-0.25, -0.2) is 0 Å². The molecule has 0 aliphatic heterocycles. The fraction of sp³-hybridized carbons (Fsp3) is 0. The number of hydrogen-bond acceptors (Lipinski definition) is 3. The molecule has 0 atom stereocenters. The lowest BCUT2D eigenvalue weighted by Gasteiger charge is -1.97. The number of aromatic hydroxyl groups is 1. The summed E-state index contributed by atoms with van der Waals surface area (Å²) >= 11 is 0. The molecule has 0 unspecified atom stereocenters. The van der Waals surface area contributed by atoms with Gasteiger partial charge in [0.2, 0.25) is 0 Å². The van der Waals surface area contributed by atoms with Gasteiger partial charge in [0, 0.05) is 6.07 Å². The zero-order valence-corrected chi connectivity index (χ0v) is 6.17. The van der Waals surface area contributed by atoms with Gasteiger partial charge in [-0.05, 0) is 6.07 Å². The van der Waals surface area contributed by atoms with Crippen LogP contribution in [0, 0.1) is 6.07 Å². The van der Waals surface area contributed by atoms with Crippen molar-refractivity contribution in [2.24, 2.45) is 0 Å². The summed E-state index contributed by atoms with van der Waals surface area (Å²) in [5.74, 6) is -0.505. The van der Waals surface area contributed by atoms with Crippen LogP contribution in [0.15, 0.2) is 23.1 Å². The average molecular weight is 173 g/mol. The van der Waals surface area contributed by atoms with Crippen molar-refractivity contribution in [2.45, 2.75) is 4.90 Å². The van der Waals surface area contributed by atoms with Crippen molar-refractivity contribution < 1.29 is 18.1 Å². The molecule has 1 aromatic carbocycles. The summed E-state index contributed by atoms with van der Waals surface area (Å²) in [6.45, 7) is 0. The normalized spacial score (nSPS) is 11.4. The van der Waals surface area contributed by atoms with Gasteiger partial charge in [0.05, 0.1) is 0 Å². The second-order valence-corrected chi connectivity index (χ2v) is 3.22. The van der Waals surface area contributed by atoms with Crippen molar-refractivity contribution in [1.29, 1.82) is 0 Å². The fourth-order valence-electron chi connectivity index (χ4n) is 0.619. The fourth-order valence-corrected chi connectivity index (χ4v) is 1.17. The topological polar surface area (TPSA) is 74.6 Å². The molecule has 0 spiro atoms. The van der Waals surface area contributed by atoms with Gasteiger partial charge in [-0.3, -0.25) is 4.55 Å². The SMILES string of the molecule is O=S(=O)(O)c1[c]cccc1O. The molecule has 0 saturated heterocycles. The van der Waals surface area contributed by atoms with Crippen LogP contribution >= 0.6 is 0 Å². The molecule has 2 N–H and O–H groups in total. The number of benzene rings is 1. The van der Waals surface area contributed by atoms with Crippen LogP contribution in [-0.2, 0) is 10.1 Å². The monoisotopic (exact) mass is 173 g/mol. The summed E-state index contributed by atoms with van der Waals surface area (Å²) in [6.07, 6.45) is 0. The van der Waals surface area contributed by atoms with E-state index in [9.17, 15) is 8.42 Å². The molecule has 59 valence electrons. The van der Waals surface area contributed by atoms with Crippen LogP contribution in [0.5, 0.6) is 5.75 Å². The van der Waals surface area contributed by atoms with Crippen LogP contribution in [0.2, 0.25) is 0 Å². The number of phenolic OH excluding ortho intramolecular Hbond substituents is 1. The van der Waals surface area contributed by atoms with Crippen molar-refractivity contribution in [3.63, 3.8) is 0 Å². The molecule has 0 aliphatic carbocycles. The van der Waals surface area contributed by atoms with E-state index in [1.54, 1.807) is 0 Å². The maximum Gasteiger partial charge on any atom is 0.298 e. The lowest BCUT2D eigenvalue weighted by molar-refractivity contribution is 0.443. The molecule has 0 bridgehead atoms. The smallest absolute Gasteiger partial charge is 0.298 e. The first-order valence-corrected chi connectivity index (χ1v) is 4.13. The Bertz CT molecular complexity index is 355. The summed E-state index contributed by atoms with van der Waals surface area (Å²) < 4.78 is 29.3. The Balaban J connectivity index is 3.37. The van der Waals surface area contributed by atoms with Gasteiger partial charge >= 0.3 is 0 Å². The maximum absolute atomic E-state index is 10.4. The average Bonchev–Trinajstić information content (AvgIpc) is 1.86. The third kappa shape index (κ3) is 1.69. The first-order valence-electron chi connectivity index (χ1n) is 2.69. The van der Waals surface area contributed by atoms with Crippen molar-refractivity contribution in [3.05, 3.63) is 24.3 Å². The molecule has 0 saturated carbocycles. The van der Waals surface area contributed by atoms with Gasteiger partial charge in [0.1, 0.15) is 10.6 Å². The van der Waals surface area contributed by atoms with E-state index >= 15 is 0 Å². The van der Waals surface area contributed by atoms with Gasteiger partial charge in [-0.15, -0.1) is 0 Å². The van der Waals surface area contributed by atoms with E-state index in [0.717, 1.165) is 6.07 Å². The number of hydrogen-bond donors (Lipinski definition) is 2. The Morgan fingerprint density at radius 3 is 2.45 bits per heavy atom. The van der Waals surface area contributed by atoms with Gasteiger partial charge in [0.15, 0.2) is 0 Å². The van der Waals surface area contributed by atoms with Crippen molar-refractivity contribution in [3.8, 4) is 5.75 Å². The highest BCUT2D eigenvalue weighted by Crippen LogP contribution is 2.19. The van der Waals surface area contributed by atoms with Crippen LogP contribution in [0.3, 0.4) is 0 Å². The zero-order valence-electron chi connectivity index (χ0n) is 5.35. The minimum absolute atomic E-state index is 0.505. The number of rotatable bonds is 1. The lowest BCUT2D eigenvalue weighted by atomic mass is 10.3. The quantitative estimate of drug-likeness (QED) is 0.604. The van der Waals surface area contributed by atoms with E-state index in [0.29, 0.717) is 0 Å². The van der Waals surface area contributed by atoms with Gasteiger partial charge in [0.25, 0.3) is 10.1 Å². The largest absolute Gasteiger partial charge is 0.506 e. The maximum atomic E-state index is 10.4. The van der Waals surface area contributed by atoms with Crippen molar-refractivity contribution in [1.82, 2.24) is 0 Å². The molecular formula is C6H5O4S. The highest BCUT2D eigenvalue weighted by Gasteiger charge is 2.13. The second kappa shape index (κ2) is 2.52. The van der Waals surface area contributed by atoms with Crippen LogP contribution in [0.25, 0.3) is 0 Å². The third-order valence-corrected chi connectivity index (χ3v) is 1.90. The predicted molar refractivity (Wildman–Crippen MR) is 36.8 cm³/mol. The van der Waals surface area contributed by atoms with Crippen LogP contribution in [-0.4, -0.2) is 18.1 Å². The van der Waals surface area contributed by atoms with Crippen molar-refractivity contribution in [2.75, 3.05) is 0 Å². The van der Waals surface area contributed by atoms with Crippen LogP contribution in [0.1, 0.15) is 0 Å². The first-order chi connectivity index (χ1) is 5.02. The van der Waals surface area contributed by atoms with Gasteiger partial charge in [-0.2, -0.15) is 8.42 Å². The second-order valence-electron chi connectivity index (χ2n) is 1.86. The molecule has 0 fully saturated rings. The van der Waals surface area contributed by atoms with E-state index in [2.05, 4.69) is 6.07 Å². The summed E-state index contributed by atoms with van der Waals surface area (Å²) in [4.78, 5) is -0.597. The Hall–Kier alpha value is -1.07. The van der Waals surface area contributed by atoms with E-state index in [-0.39, 0.29) is 0 Å². The molecule has 4 nitrogen and oxygen atoms in total. The lowest BCUT2D eigenvalue weighted by Crippen LogP contribution is -1.97. The van der Waals surface area contributed by atoms with Gasteiger partial charge in [-0.1, -0.05) is 12.1 Å². The Morgan fingerprint density at radius 2 is 2.09 bits per heavy atom. The van der Waals surface area contributed by atoms with Crippen molar-refractivity contribution >= 4 is 10.1 Å². The summed E-state index contributed by atoms with van der Waals surface area (Å²) in [5, 5.41) is 8.88. The van der Waals surface area contributed by atoms with Gasteiger partial charge < -0.3 is 5.11 Å². The Labute approximate surface area is 63.9 Å². The molecular weight excluding hydrogens is 168 g/mol. The summed E-state index contributed by atoms with van der Waals surface area (Å²) in [7, 11) is -4.34. The summed E-state index contributed by atoms with van der Waals surface area (Å²) in [5.41, 5.74) is 0. The molecule has 0 aromatic heterocycles. The molecule has 11 heavy (non-hydrogen) atoms. The predicted octanol–water partition coefficient (Wildman–Crippen LogP) is 0.439. The number of phenols is 1. The van der Waals surface area contributed by atoms with E-state index < -0.39 is 20.8 Å². The minimum atomic E-state index is -4.34. The van der Waals surface area contributed by atoms with Crippen LogP contribution in [0.4, 0.5) is 0 Å². The highest BCUT2D eigenvalue weighted by molar-refractivity contribution is 7.86. The molecule has 0 heterocycles. The highest BCUT2D eigenvalue weighted by atomic mass is 32.2. The Morgan fingerprint density at radius 1 is 1.45 bits per heavy atom. The molecule has 0 amide bonds. The third-order valence-electron chi connectivity index (χ3n) is 1.06. The van der Waals surface area contributed by atoms with E-state index in [1.165, 1.54) is 12.1 Å². The molecule has 1 radical (unpaired) electrons. The molecule has 5 heteroatoms.